The fourth-order valence-electron chi connectivity index (χ4n) is 2.89. The van der Waals surface area contributed by atoms with Crippen LogP contribution in [0.4, 0.5) is 4.39 Å². The lowest BCUT2D eigenvalue weighted by atomic mass is 10.1. The van der Waals surface area contributed by atoms with E-state index >= 15 is 0 Å². The Hall–Kier alpha value is -3.82. The van der Waals surface area contributed by atoms with E-state index in [9.17, 15) is 23.9 Å². The van der Waals surface area contributed by atoms with Crippen molar-refractivity contribution in [1.29, 1.82) is 0 Å². The number of pyridine rings is 1. The van der Waals surface area contributed by atoms with Gasteiger partial charge in [0.2, 0.25) is 0 Å². The lowest BCUT2D eigenvalue weighted by Gasteiger charge is -2.19. The van der Waals surface area contributed by atoms with Crippen LogP contribution >= 0.6 is 0 Å². The molecule has 2 aromatic heterocycles. The van der Waals surface area contributed by atoms with Crippen LogP contribution < -0.4 is 10.9 Å². The van der Waals surface area contributed by atoms with E-state index in [1.165, 1.54) is 31.4 Å². The summed E-state index contributed by atoms with van der Waals surface area (Å²) in [5.41, 5.74) is -1.68. The van der Waals surface area contributed by atoms with E-state index in [0.717, 1.165) is 4.57 Å². The van der Waals surface area contributed by atoms with Gasteiger partial charge in [0.1, 0.15) is 34.9 Å². The van der Waals surface area contributed by atoms with Crippen molar-refractivity contribution in [3.63, 3.8) is 0 Å². The average Bonchev–Trinajstić information content (AvgIpc) is 2.69. The van der Waals surface area contributed by atoms with Gasteiger partial charge in [-0.25, -0.2) is 14.4 Å². The topological polar surface area (TPSA) is 123 Å². The van der Waals surface area contributed by atoms with Crippen LogP contribution in [0.1, 0.15) is 31.1 Å². The van der Waals surface area contributed by atoms with Gasteiger partial charge in [0.15, 0.2) is 5.82 Å². The zero-order valence-corrected chi connectivity index (χ0v) is 17.4. The highest BCUT2D eigenvalue weighted by Crippen LogP contribution is 2.26. The Morgan fingerprint density at radius 2 is 2.00 bits per heavy atom. The number of rotatable bonds is 4. The van der Waals surface area contributed by atoms with Crippen molar-refractivity contribution in [2.24, 2.45) is 7.05 Å². The molecular weight excluding hydrogens is 407 g/mol. The number of ether oxygens (including phenoxy) is 1. The molecule has 0 saturated heterocycles. The summed E-state index contributed by atoms with van der Waals surface area (Å²) in [5, 5.41) is 12.9. The Kier molecular flexibility index (Phi) is 5.74. The molecule has 0 aliphatic heterocycles. The molecule has 3 rings (SSSR count). The van der Waals surface area contributed by atoms with E-state index in [0.29, 0.717) is 5.56 Å². The first-order chi connectivity index (χ1) is 14.5. The van der Waals surface area contributed by atoms with Crippen LogP contribution in [0.5, 0.6) is 5.75 Å². The molecule has 9 nitrogen and oxygen atoms in total. The van der Waals surface area contributed by atoms with Gasteiger partial charge in [0, 0.05) is 18.8 Å². The number of aromatic nitrogens is 3. The molecule has 3 aromatic rings. The van der Waals surface area contributed by atoms with Crippen molar-refractivity contribution in [3.05, 3.63) is 52.2 Å². The minimum Gasteiger partial charge on any atom is -0.506 e. The van der Waals surface area contributed by atoms with Gasteiger partial charge in [-0.05, 0) is 32.9 Å². The van der Waals surface area contributed by atoms with E-state index in [1.807, 2.05) is 0 Å². The number of nitrogens with one attached hydrogen (secondary N) is 1. The molecular formula is C21H21FN4O5. The normalized spacial score (nSPS) is 11.4. The van der Waals surface area contributed by atoms with E-state index in [4.69, 9.17) is 4.74 Å². The number of esters is 1. The minimum absolute atomic E-state index is 0.0460. The molecule has 2 heterocycles. The summed E-state index contributed by atoms with van der Waals surface area (Å²) in [4.78, 5) is 45.4. The Morgan fingerprint density at radius 1 is 1.29 bits per heavy atom. The number of carbonyl (C=O) groups is 2. The number of aryl methyl sites for hydroxylation is 1. The molecule has 0 atom stereocenters. The van der Waals surface area contributed by atoms with E-state index in [2.05, 4.69) is 15.3 Å². The second-order valence-corrected chi connectivity index (χ2v) is 7.80. The number of halogens is 1. The molecule has 0 fully saturated rings. The first-order valence-electron chi connectivity index (χ1n) is 9.32. The fourth-order valence-corrected chi connectivity index (χ4v) is 2.89. The van der Waals surface area contributed by atoms with Gasteiger partial charge < -0.3 is 15.2 Å². The number of carbonyl (C=O) groups excluding carboxylic acids is 2. The van der Waals surface area contributed by atoms with E-state index < -0.39 is 46.7 Å². The number of aromatic hydroxyl groups is 1. The van der Waals surface area contributed by atoms with Gasteiger partial charge in [-0.2, -0.15) is 0 Å². The number of benzene rings is 1. The summed E-state index contributed by atoms with van der Waals surface area (Å²) >= 11 is 0. The van der Waals surface area contributed by atoms with Crippen LogP contribution in [0.25, 0.3) is 22.4 Å². The molecule has 10 heteroatoms. The van der Waals surface area contributed by atoms with Gasteiger partial charge in [0.25, 0.3) is 11.5 Å². The number of hydrogen-bond acceptors (Lipinski definition) is 7. The maximum Gasteiger partial charge on any atom is 0.325 e. The molecule has 2 N–H and O–H groups in total. The largest absolute Gasteiger partial charge is 0.506 e. The minimum atomic E-state index is -0.944. The van der Waals surface area contributed by atoms with Crippen molar-refractivity contribution in [2.45, 2.75) is 26.4 Å². The number of nitrogens with zero attached hydrogens (tertiary/aromatic N) is 3. The summed E-state index contributed by atoms with van der Waals surface area (Å²) < 4.78 is 19.7. The smallest absolute Gasteiger partial charge is 0.325 e. The first-order valence-corrected chi connectivity index (χ1v) is 9.32. The second kappa shape index (κ2) is 8.13. The number of hydrogen-bond donors (Lipinski definition) is 2. The van der Waals surface area contributed by atoms with Crippen LogP contribution in [0.15, 0.2) is 35.3 Å². The van der Waals surface area contributed by atoms with Gasteiger partial charge in [-0.1, -0.05) is 12.1 Å². The Morgan fingerprint density at radius 3 is 2.65 bits per heavy atom. The summed E-state index contributed by atoms with van der Waals surface area (Å²) in [6.45, 7) is 4.55. The molecule has 0 spiro atoms. The average molecular weight is 428 g/mol. The summed E-state index contributed by atoms with van der Waals surface area (Å²) in [6, 6.07) is 5.60. The Balaban J connectivity index is 1.97. The third-order valence-corrected chi connectivity index (χ3v) is 4.22. The van der Waals surface area contributed by atoms with Gasteiger partial charge in [0.05, 0.1) is 5.39 Å². The Bertz CT molecular complexity index is 1250. The lowest BCUT2D eigenvalue weighted by Crippen LogP contribution is -2.37. The standard InChI is InChI=1S/C21H21FN4O5/c1-21(2,3)31-14(27)10-24-19(29)15-16(28)13-9-23-17(11-6-5-7-12(22)8-11)25-18(13)26(4)20(15)30/h5-9,28H,10H2,1-4H3,(H,24,29). The summed E-state index contributed by atoms with van der Waals surface area (Å²) in [6.07, 6.45) is 1.24. The molecule has 1 amide bonds. The molecule has 0 aliphatic rings. The van der Waals surface area contributed by atoms with Crippen molar-refractivity contribution in [2.75, 3.05) is 6.54 Å². The summed E-state index contributed by atoms with van der Waals surface area (Å²) in [5.74, 6) is -2.59. The third-order valence-electron chi connectivity index (χ3n) is 4.22. The lowest BCUT2D eigenvalue weighted by molar-refractivity contribution is -0.153. The Labute approximate surface area is 176 Å². The predicted molar refractivity (Wildman–Crippen MR) is 110 cm³/mol. The fraction of sp³-hybridized carbons (Fsp3) is 0.286. The van der Waals surface area contributed by atoms with Crippen LogP contribution in [0.3, 0.4) is 0 Å². The highest BCUT2D eigenvalue weighted by molar-refractivity contribution is 6.02. The summed E-state index contributed by atoms with van der Waals surface area (Å²) in [7, 11) is 1.37. The predicted octanol–water partition coefficient (Wildman–Crippen LogP) is 1.91. The van der Waals surface area contributed by atoms with Gasteiger partial charge in [-0.3, -0.25) is 19.0 Å². The SMILES string of the molecule is Cn1c(=O)c(C(=O)NCC(=O)OC(C)(C)C)c(O)c2cnc(-c3cccc(F)c3)nc21. The highest BCUT2D eigenvalue weighted by atomic mass is 19.1. The number of fused-ring (bicyclic) bond motifs is 1. The maximum absolute atomic E-state index is 13.5. The second-order valence-electron chi connectivity index (χ2n) is 7.80. The van der Waals surface area contributed by atoms with Crippen molar-refractivity contribution in [1.82, 2.24) is 19.9 Å². The van der Waals surface area contributed by atoms with Gasteiger partial charge >= 0.3 is 5.97 Å². The quantitative estimate of drug-likeness (QED) is 0.609. The molecule has 0 bridgehead atoms. The van der Waals surface area contributed by atoms with Crippen molar-refractivity contribution < 1.29 is 23.8 Å². The van der Waals surface area contributed by atoms with E-state index in [-0.39, 0.29) is 16.9 Å². The zero-order chi connectivity index (χ0) is 22.9. The van der Waals surface area contributed by atoms with E-state index in [1.54, 1.807) is 26.8 Å². The zero-order valence-electron chi connectivity index (χ0n) is 17.4. The maximum atomic E-state index is 13.5. The molecule has 1 aromatic carbocycles. The molecule has 31 heavy (non-hydrogen) atoms. The molecule has 0 unspecified atom stereocenters. The molecule has 0 aliphatic carbocycles. The number of amides is 1. The highest BCUT2D eigenvalue weighted by Gasteiger charge is 2.24. The van der Waals surface area contributed by atoms with Gasteiger partial charge in [-0.15, -0.1) is 0 Å². The van der Waals surface area contributed by atoms with Crippen molar-refractivity contribution in [3.8, 4) is 17.1 Å². The molecule has 0 saturated carbocycles. The monoisotopic (exact) mass is 428 g/mol. The van der Waals surface area contributed by atoms with Crippen LogP contribution in [-0.4, -0.2) is 43.7 Å². The molecule has 162 valence electrons. The molecule has 0 radical (unpaired) electrons. The third kappa shape index (κ3) is 4.68. The van der Waals surface area contributed by atoms with Crippen molar-refractivity contribution >= 4 is 22.9 Å². The first kappa shape index (κ1) is 21.9. The van der Waals surface area contributed by atoms with Crippen LogP contribution in [0, 0.1) is 5.82 Å². The van der Waals surface area contributed by atoms with Crippen LogP contribution in [-0.2, 0) is 16.6 Å². The van der Waals surface area contributed by atoms with Crippen LogP contribution in [0.2, 0.25) is 0 Å².